The number of benzene rings is 1. The molecule has 1 aromatic rings. The van der Waals surface area contributed by atoms with Crippen LogP contribution in [0.4, 0.5) is 0 Å². The van der Waals surface area contributed by atoms with E-state index in [2.05, 4.69) is 0 Å². The second kappa shape index (κ2) is 7.36. The number of rotatable bonds is 7. The number of carbonyl (C=O) groups is 2. The number of nitrogens with two attached hydrogens (primary N) is 1. The highest BCUT2D eigenvalue weighted by atomic mass is 32.2. The average Bonchev–Trinajstić information content (AvgIpc) is 2.82. The number of nitrogens with zero attached hydrogens (tertiary/aromatic N) is 1. The Labute approximate surface area is 154 Å². The molecule has 1 heterocycles. The van der Waals surface area contributed by atoms with E-state index in [-0.39, 0.29) is 17.7 Å². The van der Waals surface area contributed by atoms with E-state index in [1.54, 1.807) is 19.1 Å². The summed E-state index contributed by atoms with van der Waals surface area (Å²) in [6, 6.07) is 4.86. The van der Waals surface area contributed by atoms with Gasteiger partial charge in [0.25, 0.3) is 5.06 Å². The zero-order valence-electron chi connectivity index (χ0n) is 15.3. The van der Waals surface area contributed by atoms with Crippen LogP contribution in [0.5, 0.6) is 0 Å². The molecular weight excluding hydrogens is 356 g/mol. The Morgan fingerprint density at radius 2 is 1.92 bits per heavy atom. The lowest BCUT2D eigenvalue weighted by Gasteiger charge is -2.39. The van der Waals surface area contributed by atoms with Crippen molar-refractivity contribution in [3.8, 4) is 0 Å². The molecule has 3 N–H and O–H groups in total. The summed E-state index contributed by atoms with van der Waals surface area (Å²) in [5.41, 5.74) is 6.26. The maximum absolute atomic E-state index is 13.4. The molecule has 0 aromatic heterocycles. The first-order valence-corrected chi connectivity index (χ1v) is 10.2. The van der Waals surface area contributed by atoms with Gasteiger partial charge in [0.15, 0.2) is 0 Å². The molecule has 144 valence electrons. The van der Waals surface area contributed by atoms with Crippen molar-refractivity contribution < 1.29 is 23.1 Å². The number of hydrogen-bond acceptors (Lipinski definition) is 5. The molecule has 1 aliphatic heterocycles. The SMILES string of the molecule is CCC[C@H]1CC(=O)N([C@@H](CC)C(N)=O)C1(O)S(=O)(=O)c1ccc(C)cc1. The number of carbonyl (C=O) groups excluding carboxylic acids is 2. The lowest BCUT2D eigenvalue weighted by molar-refractivity contribution is -0.149. The summed E-state index contributed by atoms with van der Waals surface area (Å²) in [5.74, 6) is -2.25. The van der Waals surface area contributed by atoms with E-state index >= 15 is 0 Å². The van der Waals surface area contributed by atoms with E-state index in [4.69, 9.17) is 5.73 Å². The van der Waals surface area contributed by atoms with E-state index < -0.39 is 38.7 Å². The van der Waals surface area contributed by atoms with Crippen LogP contribution in [0.3, 0.4) is 0 Å². The van der Waals surface area contributed by atoms with Crippen molar-refractivity contribution in [1.82, 2.24) is 4.90 Å². The van der Waals surface area contributed by atoms with Crippen molar-refractivity contribution in [1.29, 1.82) is 0 Å². The molecular formula is C18H26N2O5S. The molecule has 2 amide bonds. The summed E-state index contributed by atoms with van der Waals surface area (Å²) in [5, 5.41) is 8.93. The maximum Gasteiger partial charge on any atom is 0.253 e. The minimum atomic E-state index is -4.34. The van der Waals surface area contributed by atoms with Gasteiger partial charge in [0.2, 0.25) is 21.7 Å². The fraction of sp³-hybridized carbons (Fsp3) is 0.556. The molecule has 1 aromatic carbocycles. The first-order valence-electron chi connectivity index (χ1n) is 8.76. The molecule has 0 spiro atoms. The van der Waals surface area contributed by atoms with Crippen LogP contribution < -0.4 is 5.73 Å². The highest BCUT2D eigenvalue weighted by Crippen LogP contribution is 2.45. The van der Waals surface area contributed by atoms with Gasteiger partial charge in [-0.3, -0.25) is 14.5 Å². The fourth-order valence-corrected chi connectivity index (χ4v) is 5.57. The van der Waals surface area contributed by atoms with Crippen LogP contribution in [-0.2, 0) is 19.4 Å². The molecule has 0 saturated carbocycles. The summed E-state index contributed by atoms with van der Waals surface area (Å²) >= 11 is 0. The number of aliphatic hydroxyl groups is 1. The first-order chi connectivity index (χ1) is 12.1. The maximum atomic E-state index is 13.4. The molecule has 1 fully saturated rings. The van der Waals surface area contributed by atoms with Gasteiger partial charge in [-0.25, -0.2) is 8.42 Å². The Balaban J connectivity index is 2.67. The largest absolute Gasteiger partial charge is 0.368 e. The zero-order chi connectivity index (χ0) is 19.7. The Morgan fingerprint density at radius 3 is 2.38 bits per heavy atom. The Kier molecular flexibility index (Phi) is 5.77. The number of primary amides is 1. The predicted molar refractivity (Wildman–Crippen MR) is 96.4 cm³/mol. The molecule has 0 radical (unpaired) electrons. The lowest BCUT2D eigenvalue weighted by atomic mass is 10.0. The molecule has 7 nitrogen and oxygen atoms in total. The smallest absolute Gasteiger partial charge is 0.253 e. The number of amides is 2. The third kappa shape index (κ3) is 3.12. The molecule has 1 aliphatic rings. The van der Waals surface area contributed by atoms with Gasteiger partial charge in [-0.05, 0) is 31.9 Å². The van der Waals surface area contributed by atoms with Gasteiger partial charge in [0.1, 0.15) is 6.04 Å². The van der Waals surface area contributed by atoms with Crippen LogP contribution in [-0.4, -0.2) is 41.3 Å². The van der Waals surface area contributed by atoms with Crippen molar-refractivity contribution in [2.75, 3.05) is 0 Å². The molecule has 0 aliphatic carbocycles. The van der Waals surface area contributed by atoms with Crippen LogP contribution in [0.1, 0.15) is 45.1 Å². The minimum absolute atomic E-state index is 0.0919. The van der Waals surface area contributed by atoms with Gasteiger partial charge in [-0.1, -0.05) is 38.0 Å². The van der Waals surface area contributed by atoms with E-state index in [1.165, 1.54) is 12.1 Å². The summed E-state index contributed by atoms with van der Waals surface area (Å²) in [6.45, 7) is 5.28. The van der Waals surface area contributed by atoms with E-state index in [1.807, 2.05) is 13.8 Å². The minimum Gasteiger partial charge on any atom is -0.368 e. The lowest BCUT2D eigenvalue weighted by Crippen LogP contribution is -2.61. The second-order valence-corrected chi connectivity index (χ2v) is 8.83. The molecule has 1 unspecified atom stereocenters. The van der Waals surface area contributed by atoms with Crippen LogP contribution in [0.25, 0.3) is 0 Å². The Hall–Kier alpha value is -1.93. The molecule has 1 saturated heterocycles. The van der Waals surface area contributed by atoms with Crippen LogP contribution >= 0.6 is 0 Å². The summed E-state index contributed by atoms with van der Waals surface area (Å²) in [6.07, 6.45) is 0.898. The summed E-state index contributed by atoms with van der Waals surface area (Å²) in [4.78, 5) is 25.2. The fourth-order valence-electron chi connectivity index (χ4n) is 3.60. The van der Waals surface area contributed by atoms with Crippen LogP contribution in [0.15, 0.2) is 29.2 Å². The predicted octanol–water partition coefficient (Wildman–Crippen LogP) is 1.33. The normalized spacial score (nSPS) is 24.7. The highest BCUT2D eigenvalue weighted by Gasteiger charge is 2.62. The number of likely N-dealkylation sites (tertiary alicyclic amines) is 1. The Bertz CT molecular complexity index is 790. The second-order valence-electron chi connectivity index (χ2n) is 6.75. The Morgan fingerprint density at radius 1 is 1.35 bits per heavy atom. The zero-order valence-corrected chi connectivity index (χ0v) is 16.1. The van der Waals surface area contributed by atoms with Gasteiger partial charge in [0.05, 0.1) is 4.90 Å². The number of hydrogen-bond donors (Lipinski definition) is 2. The third-order valence-electron chi connectivity index (χ3n) is 4.96. The van der Waals surface area contributed by atoms with Crippen molar-refractivity contribution in [3.05, 3.63) is 29.8 Å². The van der Waals surface area contributed by atoms with Gasteiger partial charge < -0.3 is 10.8 Å². The molecule has 0 bridgehead atoms. The van der Waals surface area contributed by atoms with E-state index in [0.717, 1.165) is 10.5 Å². The van der Waals surface area contributed by atoms with Crippen molar-refractivity contribution in [3.63, 3.8) is 0 Å². The summed E-state index contributed by atoms with van der Waals surface area (Å²) in [7, 11) is -4.34. The number of sulfone groups is 1. The van der Waals surface area contributed by atoms with Crippen molar-refractivity contribution in [2.45, 2.75) is 62.4 Å². The van der Waals surface area contributed by atoms with Gasteiger partial charge in [0, 0.05) is 12.3 Å². The monoisotopic (exact) mass is 382 g/mol. The quantitative estimate of drug-likeness (QED) is 0.737. The topological polar surface area (TPSA) is 118 Å². The van der Waals surface area contributed by atoms with Gasteiger partial charge in [-0.2, -0.15) is 0 Å². The first kappa shape index (κ1) is 20.4. The van der Waals surface area contributed by atoms with Crippen molar-refractivity contribution in [2.24, 2.45) is 11.7 Å². The van der Waals surface area contributed by atoms with Gasteiger partial charge in [-0.15, -0.1) is 0 Å². The molecule has 8 heteroatoms. The van der Waals surface area contributed by atoms with E-state index in [0.29, 0.717) is 12.8 Å². The highest BCUT2D eigenvalue weighted by molar-refractivity contribution is 7.92. The third-order valence-corrected chi connectivity index (χ3v) is 7.17. The molecule has 2 rings (SSSR count). The average molecular weight is 382 g/mol. The molecule has 3 atom stereocenters. The number of aryl methyl sites for hydroxylation is 1. The van der Waals surface area contributed by atoms with Crippen LogP contribution in [0.2, 0.25) is 0 Å². The molecule has 26 heavy (non-hydrogen) atoms. The van der Waals surface area contributed by atoms with Crippen LogP contribution in [0, 0.1) is 12.8 Å². The summed E-state index contributed by atoms with van der Waals surface area (Å²) < 4.78 is 26.7. The van der Waals surface area contributed by atoms with Crippen molar-refractivity contribution >= 4 is 21.7 Å². The standard InChI is InChI=1S/C18H26N2O5S/c1-4-6-13-11-16(21)20(15(5-2)17(19)22)18(13,23)26(24,25)14-9-7-12(3)8-10-14/h7-10,13,15,23H,4-6,11H2,1-3H3,(H2,19,22)/t13-,15-,18?/m0/s1. The van der Waals surface area contributed by atoms with Gasteiger partial charge >= 0.3 is 0 Å². The van der Waals surface area contributed by atoms with E-state index in [9.17, 15) is 23.1 Å².